The van der Waals surface area contributed by atoms with Gasteiger partial charge in [-0.15, -0.1) is 0 Å². The third kappa shape index (κ3) is 6.04. The molecule has 0 aliphatic rings. The number of hydrogen-bond donors (Lipinski definition) is 1. The maximum absolute atomic E-state index is 10.2. The largest absolute Gasteiger partial charge is 0.497 e. The van der Waals surface area contributed by atoms with E-state index < -0.39 is 0 Å². The predicted molar refractivity (Wildman–Crippen MR) is 132 cm³/mol. The second-order valence-electron chi connectivity index (χ2n) is 9.21. The Kier molecular flexibility index (Phi) is 7.81. The molecular formula is C28H35NO3. The van der Waals surface area contributed by atoms with Crippen molar-refractivity contribution in [2.45, 2.75) is 32.6 Å². The Hall–Kier alpha value is -2.98. The number of aliphatic hydroxyl groups is 1. The summed E-state index contributed by atoms with van der Waals surface area (Å²) in [5.74, 6) is 1.72. The molecule has 4 heteroatoms. The van der Waals surface area contributed by atoms with Crippen LogP contribution in [0.25, 0.3) is 0 Å². The molecule has 0 bridgehead atoms. The highest BCUT2D eigenvalue weighted by atomic mass is 16.5. The minimum absolute atomic E-state index is 0.0830. The average Bonchev–Trinajstić information content (AvgIpc) is 2.81. The van der Waals surface area contributed by atoms with Gasteiger partial charge in [0.25, 0.3) is 0 Å². The monoisotopic (exact) mass is 433 g/mol. The van der Waals surface area contributed by atoms with Crippen LogP contribution in [-0.2, 0) is 11.8 Å². The van der Waals surface area contributed by atoms with Crippen molar-refractivity contribution in [3.05, 3.63) is 83.9 Å². The van der Waals surface area contributed by atoms with Crippen LogP contribution in [0.3, 0.4) is 0 Å². The van der Waals surface area contributed by atoms with Gasteiger partial charge in [-0.1, -0.05) is 45.0 Å². The van der Waals surface area contributed by atoms with Crippen LogP contribution in [0.4, 0.5) is 11.4 Å². The van der Waals surface area contributed by atoms with Gasteiger partial charge in [-0.25, -0.2) is 0 Å². The zero-order valence-corrected chi connectivity index (χ0v) is 19.8. The Morgan fingerprint density at radius 1 is 0.750 bits per heavy atom. The Morgan fingerprint density at radius 2 is 1.22 bits per heavy atom. The maximum Gasteiger partial charge on any atom is 0.119 e. The van der Waals surface area contributed by atoms with Crippen LogP contribution in [0, 0.1) is 5.92 Å². The summed E-state index contributed by atoms with van der Waals surface area (Å²) in [7, 11) is 3.34. The number of benzene rings is 3. The van der Waals surface area contributed by atoms with E-state index in [0.717, 1.165) is 29.3 Å². The van der Waals surface area contributed by atoms with E-state index >= 15 is 0 Å². The highest BCUT2D eigenvalue weighted by Gasteiger charge is 2.18. The Morgan fingerprint density at radius 3 is 1.59 bits per heavy atom. The topological polar surface area (TPSA) is 41.9 Å². The van der Waals surface area contributed by atoms with E-state index in [9.17, 15) is 5.11 Å². The summed E-state index contributed by atoms with van der Waals surface area (Å²) < 4.78 is 10.6. The molecule has 1 atom stereocenters. The fraction of sp³-hybridized carbons (Fsp3) is 0.357. The lowest BCUT2D eigenvalue weighted by Crippen LogP contribution is -2.28. The first-order valence-electron chi connectivity index (χ1n) is 11.1. The molecule has 0 saturated carbocycles. The number of rotatable bonds is 9. The van der Waals surface area contributed by atoms with Crippen molar-refractivity contribution in [2.75, 3.05) is 32.3 Å². The van der Waals surface area contributed by atoms with Crippen molar-refractivity contribution in [3.8, 4) is 11.5 Å². The standard InChI is InChI=1S/C28H35NO3/c1-28(2,3)23-8-6-21(7-9-23)18-22(20-30)19-29(24-10-14-26(31-4)15-11-24)25-12-16-27(32-5)17-13-25/h6-17,22,30H,18-20H2,1-5H3/t22-/m1/s1. The Bertz CT molecular complexity index is 910. The molecule has 32 heavy (non-hydrogen) atoms. The van der Waals surface area contributed by atoms with Gasteiger partial charge in [0.05, 0.1) is 14.2 Å². The molecule has 0 saturated heterocycles. The molecule has 0 aliphatic heterocycles. The fourth-order valence-electron chi connectivity index (χ4n) is 3.80. The second kappa shape index (κ2) is 10.6. The molecule has 0 aromatic heterocycles. The molecule has 0 radical (unpaired) electrons. The van der Waals surface area contributed by atoms with Gasteiger partial charge in [-0.05, 0) is 71.5 Å². The van der Waals surface area contributed by atoms with Crippen LogP contribution in [0.5, 0.6) is 11.5 Å². The normalized spacial score (nSPS) is 12.3. The van der Waals surface area contributed by atoms with Crippen molar-refractivity contribution in [2.24, 2.45) is 5.92 Å². The molecule has 3 aromatic carbocycles. The number of ether oxygens (including phenoxy) is 2. The second-order valence-corrected chi connectivity index (χ2v) is 9.21. The lowest BCUT2D eigenvalue weighted by atomic mass is 9.86. The summed E-state index contributed by atoms with van der Waals surface area (Å²) in [5, 5.41) is 10.2. The van der Waals surface area contributed by atoms with Gasteiger partial charge in [0, 0.05) is 30.4 Å². The molecule has 170 valence electrons. The van der Waals surface area contributed by atoms with Gasteiger partial charge in [-0.3, -0.25) is 0 Å². The molecule has 3 aromatic rings. The molecule has 0 fully saturated rings. The van der Waals surface area contributed by atoms with E-state index in [1.54, 1.807) is 14.2 Å². The summed E-state index contributed by atoms with van der Waals surface area (Å²) >= 11 is 0. The van der Waals surface area contributed by atoms with Crippen molar-refractivity contribution in [1.29, 1.82) is 0 Å². The lowest BCUT2D eigenvalue weighted by molar-refractivity contribution is 0.229. The number of aliphatic hydroxyl groups excluding tert-OH is 1. The smallest absolute Gasteiger partial charge is 0.119 e. The van der Waals surface area contributed by atoms with Crippen LogP contribution < -0.4 is 14.4 Å². The fourth-order valence-corrected chi connectivity index (χ4v) is 3.80. The highest BCUT2D eigenvalue weighted by Crippen LogP contribution is 2.30. The first-order valence-corrected chi connectivity index (χ1v) is 11.1. The van der Waals surface area contributed by atoms with Crippen LogP contribution >= 0.6 is 0 Å². The van der Waals surface area contributed by atoms with Crippen LogP contribution in [0.15, 0.2) is 72.8 Å². The minimum atomic E-state index is 0.0830. The molecule has 3 rings (SSSR count). The van der Waals surface area contributed by atoms with Crippen LogP contribution in [0.2, 0.25) is 0 Å². The summed E-state index contributed by atoms with van der Waals surface area (Å²) in [6, 6.07) is 24.8. The zero-order chi connectivity index (χ0) is 23.1. The van der Waals surface area contributed by atoms with Crippen molar-refractivity contribution >= 4 is 11.4 Å². The Labute approximate surface area is 192 Å². The third-order valence-corrected chi connectivity index (χ3v) is 5.81. The Balaban J connectivity index is 1.84. The predicted octanol–water partition coefficient (Wildman–Crippen LogP) is 5.99. The van der Waals surface area contributed by atoms with Gasteiger partial charge in [0.1, 0.15) is 11.5 Å². The number of methoxy groups -OCH3 is 2. The molecule has 4 nitrogen and oxygen atoms in total. The van der Waals surface area contributed by atoms with E-state index in [1.165, 1.54) is 11.1 Å². The molecule has 0 unspecified atom stereocenters. The summed E-state index contributed by atoms with van der Waals surface area (Å²) in [4.78, 5) is 2.24. The van der Waals surface area contributed by atoms with Gasteiger partial charge in [0.2, 0.25) is 0 Å². The zero-order valence-electron chi connectivity index (χ0n) is 19.8. The molecule has 0 spiro atoms. The molecule has 0 heterocycles. The van der Waals surface area contributed by atoms with E-state index in [4.69, 9.17) is 9.47 Å². The van der Waals surface area contributed by atoms with E-state index in [-0.39, 0.29) is 17.9 Å². The SMILES string of the molecule is COc1ccc(N(C[C@H](CO)Cc2ccc(C(C)(C)C)cc2)c2ccc(OC)cc2)cc1. The highest BCUT2D eigenvalue weighted by molar-refractivity contribution is 5.64. The quantitative estimate of drug-likeness (QED) is 0.450. The average molecular weight is 434 g/mol. The molecule has 0 amide bonds. The molecule has 0 aliphatic carbocycles. The first-order chi connectivity index (χ1) is 15.3. The van der Waals surface area contributed by atoms with Crippen molar-refractivity contribution < 1.29 is 14.6 Å². The summed E-state index contributed by atoms with van der Waals surface area (Å²) in [6.45, 7) is 7.47. The summed E-state index contributed by atoms with van der Waals surface area (Å²) in [6.07, 6.45) is 0.809. The number of nitrogens with zero attached hydrogens (tertiary/aromatic N) is 1. The maximum atomic E-state index is 10.2. The van der Waals surface area contributed by atoms with Gasteiger partial charge in [0.15, 0.2) is 0 Å². The first kappa shape index (κ1) is 23.7. The van der Waals surface area contributed by atoms with E-state index in [1.807, 2.05) is 24.3 Å². The van der Waals surface area contributed by atoms with Crippen molar-refractivity contribution in [1.82, 2.24) is 0 Å². The summed E-state index contributed by atoms with van der Waals surface area (Å²) in [5.41, 5.74) is 4.80. The third-order valence-electron chi connectivity index (χ3n) is 5.81. The van der Waals surface area contributed by atoms with Gasteiger partial charge in [-0.2, -0.15) is 0 Å². The minimum Gasteiger partial charge on any atom is -0.497 e. The molecule has 1 N–H and O–H groups in total. The van der Waals surface area contributed by atoms with E-state index in [2.05, 4.69) is 74.2 Å². The van der Waals surface area contributed by atoms with Crippen LogP contribution in [-0.4, -0.2) is 32.5 Å². The van der Waals surface area contributed by atoms with Gasteiger partial charge >= 0.3 is 0 Å². The number of anilines is 2. The van der Waals surface area contributed by atoms with E-state index in [0.29, 0.717) is 6.54 Å². The van der Waals surface area contributed by atoms with Crippen LogP contribution in [0.1, 0.15) is 31.9 Å². The van der Waals surface area contributed by atoms with Gasteiger partial charge < -0.3 is 19.5 Å². The van der Waals surface area contributed by atoms with Crippen molar-refractivity contribution in [3.63, 3.8) is 0 Å². The lowest BCUT2D eigenvalue weighted by Gasteiger charge is -2.29. The molecular weight excluding hydrogens is 398 g/mol. The number of hydrogen-bond acceptors (Lipinski definition) is 4.